The highest BCUT2D eigenvalue weighted by Crippen LogP contribution is 2.45. The molecular weight excluding hydrogens is 288 g/mol. The van der Waals surface area contributed by atoms with Gasteiger partial charge in [-0.15, -0.1) is 0 Å². The topological polar surface area (TPSA) is 93.0 Å². The molecule has 7 heteroatoms. The van der Waals surface area contributed by atoms with E-state index in [1.807, 2.05) is 0 Å². The van der Waals surface area contributed by atoms with Crippen molar-refractivity contribution in [2.24, 2.45) is 0 Å². The van der Waals surface area contributed by atoms with E-state index < -0.39 is 5.78 Å². The molecule has 1 aliphatic heterocycles. The maximum Gasteiger partial charge on any atom is 0.205 e. The number of benzene rings is 1. The second-order valence-electron chi connectivity index (χ2n) is 4.73. The summed E-state index contributed by atoms with van der Waals surface area (Å²) in [7, 11) is 2.83. The fraction of sp³-hybridized carbons (Fsp3) is 0.267. The van der Waals surface area contributed by atoms with E-state index in [1.54, 1.807) is 6.07 Å². The van der Waals surface area contributed by atoms with Crippen LogP contribution in [0.3, 0.4) is 0 Å². The number of ketones is 1. The molecule has 1 aromatic heterocycles. The van der Waals surface area contributed by atoms with Crippen molar-refractivity contribution in [3.63, 3.8) is 0 Å². The minimum atomic E-state index is -0.396. The average Bonchev–Trinajstić information content (AvgIpc) is 3.17. The minimum Gasteiger partial charge on any atom is -0.504 e. The molecule has 22 heavy (non-hydrogen) atoms. The predicted molar refractivity (Wildman–Crippen MR) is 79.4 cm³/mol. The van der Waals surface area contributed by atoms with Crippen LogP contribution < -0.4 is 20.1 Å². The van der Waals surface area contributed by atoms with Gasteiger partial charge in [0, 0.05) is 19.2 Å². The zero-order valence-electron chi connectivity index (χ0n) is 12.2. The third kappa shape index (κ3) is 2.11. The zero-order valence-corrected chi connectivity index (χ0v) is 12.2. The Hall–Kier alpha value is -2.83. The molecule has 0 saturated carbocycles. The molecule has 0 unspecified atom stereocenters. The summed E-state index contributed by atoms with van der Waals surface area (Å²) in [5.41, 5.74) is 0.370. The third-order valence-electron chi connectivity index (χ3n) is 3.48. The van der Waals surface area contributed by atoms with Gasteiger partial charge in [0.05, 0.1) is 25.9 Å². The van der Waals surface area contributed by atoms with Crippen LogP contribution in [0.1, 0.15) is 10.4 Å². The Bertz CT molecular complexity index is 755. The summed E-state index contributed by atoms with van der Waals surface area (Å²) in [6.07, 6.45) is 2.83. The van der Waals surface area contributed by atoms with E-state index in [0.29, 0.717) is 16.8 Å². The minimum absolute atomic E-state index is 0.0382. The van der Waals surface area contributed by atoms with E-state index in [2.05, 4.69) is 10.6 Å². The van der Waals surface area contributed by atoms with Crippen LogP contribution in [0.2, 0.25) is 0 Å². The maximum atomic E-state index is 12.6. The Balaban J connectivity index is 2.20. The summed E-state index contributed by atoms with van der Waals surface area (Å²) in [5, 5.41) is 17.0. The lowest BCUT2D eigenvalue weighted by atomic mass is 10.0. The van der Waals surface area contributed by atoms with Gasteiger partial charge in [-0.25, -0.2) is 0 Å². The molecule has 2 aromatic rings. The van der Waals surface area contributed by atoms with E-state index in [1.165, 1.54) is 26.6 Å². The summed E-state index contributed by atoms with van der Waals surface area (Å²) in [6, 6.07) is 1.66. The van der Waals surface area contributed by atoms with Crippen molar-refractivity contribution in [1.29, 1.82) is 0 Å². The smallest absolute Gasteiger partial charge is 0.205 e. The Morgan fingerprint density at radius 2 is 1.95 bits per heavy atom. The van der Waals surface area contributed by atoms with Crippen molar-refractivity contribution < 1.29 is 23.8 Å². The van der Waals surface area contributed by atoms with Crippen molar-refractivity contribution in [2.75, 3.05) is 27.3 Å². The first-order valence-electron chi connectivity index (χ1n) is 6.75. The lowest BCUT2D eigenvalue weighted by Crippen LogP contribution is -2.13. The first kappa shape index (κ1) is 14.1. The quantitative estimate of drug-likeness (QED) is 0.580. The van der Waals surface area contributed by atoms with Gasteiger partial charge in [0.1, 0.15) is 17.1 Å². The van der Waals surface area contributed by atoms with Gasteiger partial charge in [-0.2, -0.15) is 0 Å². The highest BCUT2D eigenvalue weighted by atomic mass is 16.5. The Morgan fingerprint density at radius 3 is 2.59 bits per heavy atom. The van der Waals surface area contributed by atoms with Crippen LogP contribution in [-0.4, -0.2) is 38.2 Å². The van der Waals surface area contributed by atoms with Crippen LogP contribution in [0.25, 0.3) is 11.0 Å². The Morgan fingerprint density at radius 1 is 1.27 bits per heavy atom. The molecule has 1 fully saturated rings. The first-order chi connectivity index (χ1) is 10.7. The number of hydrogen-bond acceptors (Lipinski definition) is 7. The number of methoxy groups -OCH3 is 2. The predicted octanol–water partition coefficient (Wildman–Crippen LogP) is 1.37. The number of rotatable bonds is 4. The van der Waals surface area contributed by atoms with Crippen LogP contribution in [0, 0.1) is 0 Å². The molecule has 2 heterocycles. The molecule has 0 spiro atoms. The number of phenolic OH excluding ortho intramolecular Hbond substituents is 1. The van der Waals surface area contributed by atoms with Crippen LogP contribution >= 0.6 is 0 Å². The third-order valence-corrected chi connectivity index (χ3v) is 3.48. The highest BCUT2D eigenvalue weighted by molar-refractivity contribution is 6.14. The maximum absolute atomic E-state index is 12.6. The van der Waals surface area contributed by atoms with E-state index in [-0.39, 0.29) is 22.8 Å². The van der Waals surface area contributed by atoms with Gasteiger partial charge in [0.25, 0.3) is 0 Å². The molecule has 0 radical (unpaired) electrons. The van der Waals surface area contributed by atoms with Crippen LogP contribution in [-0.2, 0) is 0 Å². The normalized spacial score (nSPS) is 13.6. The molecule has 3 rings (SSSR count). The largest absolute Gasteiger partial charge is 0.504 e. The molecule has 0 atom stereocenters. The number of nitrogens with one attached hydrogen (secondary N) is 2. The second-order valence-corrected chi connectivity index (χ2v) is 4.73. The molecule has 0 amide bonds. The van der Waals surface area contributed by atoms with Gasteiger partial charge in [0.2, 0.25) is 5.75 Å². The monoisotopic (exact) mass is 304 g/mol. The number of allylic oxidation sites excluding steroid dienone is 1. The van der Waals surface area contributed by atoms with Crippen molar-refractivity contribution in [3.05, 3.63) is 29.8 Å². The number of phenols is 1. The van der Waals surface area contributed by atoms with Crippen LogP contribution in [0.4, 0.5) is 0 Å². The van der Waals surface area contributed by atoms with Gasteiger partial charge in [-0.1, -0.05) is 0 Å². The number of ether oxygens (including phenoxy) is 2. The number of furan rings is 1. The van der Waals surface area contributed by atoms with Crippen molar-refractivity contribution in [1.82, 2.24) is 10.6 Å². The van der Waals surface area contributed by atoms with Gasteiger partial charge < -0.3 is 29.6 Å². The molecule has 116 valence electrons. The van der Waals surface area contributed by atoms with Crippen molar-refractivity contribution >= 4 is 16.8 Å². The van der Waals surface area contributed by atoms with Gasteiger partial charge in [0.15, 0.2) is 17.1 Å². The summed E-state index contributed by atoms with van der Waals surface area (Å²) in [6.45, 7) is 1.48. The van der Waals surface area contributed by atoms with Gasteiger partial charge in [-0.05, 0) is 6.07 Å². The van der Waals surface area contributed by atoms with E-state index in [9.17, 15) is 9.90 Å². The zero-order chi connectivity index (χ0) is 15.7. The number of fused-ring (bicyclic) bond motifs is 1. The summed E-state index contributed by atoms with van der Waals surface area (Å²) in [5.74, 6) is 0.267. The summed E-state index contributed by atoms with van der Waals surface area (Å²) < 4.78 is 15.8. The Labute approximate surface area is 126 Å². The number of carbonyl (C=O) groups excluding carboxylic acids is 1. The van der Waals surface area contributed by atoms with Gasteiger partial charge in [-0.3, -0.25) is 4.79 Å². The van der Waals surface area contributed by atoms with Crippen molar-refractivity contribution in [2.45, 2.75) is 0 Å². The molecule has 1 aromatic carbocycles. The first-order valence-corrected chi connectivity index (χ1v) is 6.75. The Kier molecular flexibility index (Phi) is 3.54. The average molecular weight is 304 g/mol. The van der Waals surface area contributed by atoms with E-state index in [4.69, 9.17) is 13.9 Å². The molecule has 1 saturated heterocycles. The van der Waals surface area contributed by atoms with Gasteiger partial charge >= 0.3 is 0 Å². The summed E-state index contributed by atoms with van der Waals surface area (Å²) in [4.78, 5) is 12.6. The van der Waals surface area contributed by atoms with Crippen molar-refractivity contribution in [3.8, 4) is 17.2 Å². The molecule has 0 aliphatic carbocycles. The molecule has 1 aliphatic rings. The van der Waals surface area contributed by atoms with Crippen LogP contribution in [0.15, 0.2) is 28.6 Å². The second kappa shape index (κ2) is 5.51. The number of carbonyl (C=O) groups is 1. The SMILES string of the molecule is COc1c(C(=O)C=C2NCCN2)c(O)c(OC)c2occc12. The fourth-order valence-corrected chi connectivity index (χ4v) is 2.52. The fourth-order valence-electron chi connectivity index (χ4n) is 2.52. The lowest BCUT2D eigenvalue weighted by Gasteiger charge is -2.13. The molecule has 7 nitrogen and oxygen atoms in total. The lowest BCUT2D eigenvalue weighted by molar-refractivity contribution is 0.104. The highest BCUT2D eigenvalue weighted by Gasteiger charge is 2.27. The van der Waals surface area contributed by atoms with Crippen LogP contribution in [0.5, 0.6) is 17.2 Å². The molecule has 0 bridgehead atoms. The number of aromatic hydroxyl groups is 1. The van der Waals surface area contributed by atoms with E-state index >= 15 is 0 Å². The summed E-state index contributed by atoms with van der Waals surface area (Å²) >= 11 is 0. The number of hydrogen-bond donors (Lipinski definition) is 3. The standard InChI is InChI=1S/C15H16N2O5/c1-20-13-8-3-6-22-14(8)15(21-2)12(19)11(13)9(18)7-10-16-4-5-17-10/h3,6-7,16-17,19H,4-5H2,1-2H3. The van der Waals surface area contributed by atoms with E-state index in [0.717, 1.165) is 13.1 Å². The molecular formula is C15H16N2O5. The molecule has 3 N–H and O–H groups in total.